The molecular formula is C15H17F2NO3. The Morgan fingerprint density at radius 1 is 1.29 bits per heavy atom. The lowest BCUT2D eigenvalue weighted by Crippen LogP contribution is -2.48. The van der Waals surface area contributed by atoms with E-state index in [4.69, 9.17) is 5.11 Å². The van der Waals surface area contributed by atoms with Crippen molar-refractivity contribution in [2.45, 2.75) is 38.1 Å². The molecule has 1 fully saturated rings. The summed E-state index contributed by atoms with van der Waals surface area (Å²) < 4.78 is 26.5. The number of rotatable bonds is 4. The zero-order chi connectivity index (χ0) is 15.4. The number of aryl methyl sites for hydroxylation is 1. The first-order valence-corrected chi connectivity index (χ1v) is 6.95. The van der Waals surface area contributed by atoms with Gasteiger partial charge in [-0.3, -0.25) is 4.79 Å². The molecule has 1 aliphatic rings. The van der Waals surface area contributed by atoms with Crippen molar-refractivity contribution in [1.29, 1.82) is 0 Å². The number of hydrogen-bond donors (Lipinski definition) is 1. The molecule has 0 unspecified atom stereocenters. The van der Waals surface area contributed by atoms with Crippen LogP contribution in [0.15, 0.2) is 18.2 Å². The molecule has 2 rings (SSSR count). The Kier molecular flexibility index (Phi) is 4.88. The van der Waals surface area contributed by atoms with Crippen LogP contribution < -0.4 is 0 Å². The number of likely N-dealkylation sites (tertiary alicyclic amines) is 1. The van der Waals surface area contributed by atoms with Gasteiger partial charge in [-0.1, -0.05) is 0 Å². The molecule has 6 heteroatoms. The highest BCUT2D eigenvalue weighted by molar-refractivity contribution is 5.84. The van der Waals surface area contributed by atoms with Crippen molar-refractivity contribution in [3.8, 4) is 0 Å². The largest absolute Gasteiger partial charge is 0.480 e. The third-order valence-corrected chi connectivity index (χ3v) is 3.72. The van der Waals surface area contributed by atoms with E-state index in [1.165, 1.54) is 4.90 Å². The summed E-state index contributed by atoms with van der Waals surface area (Å²) in [5.74, 6) is -2.45. The van der Waals surface area contributed by atoms with E-state index < -0.39 is 23.6 Å². The smallest absolute Gasteiger partial charge is 0.326 e. The van der Waals surface area contributed by atoms with Crippen molar-refractivity contribution in [3.63, 3.8) is 0 Å². The van der Waals surface area contributed by atoms with Gasteiger partial charge < -0.3 is 10.0 Å². The van der Waals surface area contributed by atoms with Gasteiger partial charge in [-0.15, -0.1) is 0 Å². The van der Waals surface area contributed by atoms with Crippen molar-refractivity contribution >= 4 is 11.9 Å². The van der Waals surface area contributed by atoms with E-state index >= 15 is 0 Å². The van der Waals surface area contributed by atoms with Crippen LogP contribution in [0.4, 0.5) is 8.78 Å². The second kappa shape index (κ2) is 6.65. The number of carbonyl (C=O) groups excluding carboxylic acids is 1. The number of carboxylic acid groups (broad SMARTS) is 1. The Balaban J connectivity index is 2.00. The lowest BCUT2D eigenvalue weighted by molar-refractivity contribution is -0.152. The Morgan fingerprint density at radius 2 is 2.05 bits per heavy atom. The molecule has 114 valence electrons. The van der Waals surface area contributed by atoms with Crippen LogP contribution in [-0.4, -0.2) is 34.5 Å². The van der Waals surface area contributed by atoms with Crippen LogP contribution in [0.1, 0.15) is 31.2 Å². The van der Waals surface area contributed by atoms with Crippen LogP contribution in [0.2, 0.25) is 0 Å². The van der Waals surface area contributed by atoms with Gasteiger partial charge >= 0.3 is 5.97 Å². The normalized spacial score (nSPS) is 18.6. The average Bonchev–Trinajstić information content (AvgIpc) is 2.47. The average molecular weight is 297 g/mol. The van der Waals surface area contributed by atoms with Crippen LogP contribution in [0.5, 0.6) is 0 Å². The van der Waals surface area contributed by atoms with Crippen LogP contribution in [0.25, 0.3) is 0 Å². The van der Waals surface area contributed by atoms with Crippen LogP contribution in [0, 0.1) is 11.6 Å². The molecule has 1 aromatic rings. The molecule has 1 aliphatic heterocycles. The Bertz CT molecular complexity index is 548. The summed E-state index contributed by atoms with van der Waals surface area (Å²) >= 11 is 0. The van der Waals surface area contributed by atoms with E-state index in [0.717, 1.165) is 31.0 Å². The predicted molar refractivity (Wildman–Crippen MR) is 71.7 cm³/mol. The molecule has 1 aromatic carbocycles. The van der Waals surface area contributed by atoms with Crippen molar-refractivity contribution in [1.82, 2.24) is 4.90 Å². The van der Waals surface area contributed by atoms with Gasteiger partial charge in [-0.05, 0) is 49.4 Å². The number of carboxylic acids is 1. The lowest BCUT2D eigenvalue weighted by Gasteiger charge is -2.33. The maximum atomic E-state index is 13.5. The van der Waals surface area contributed by atoms with Gasteiger partial charge in [-0.25, -0.2) is 13.6 Å². The minimum atomic E-state index is -1.01. The first-order valence-electron chi connectivity index (χ1n) is 6.95. The Morgan fingerprint density at radius 3 is 2.76 bits per heavy atom. The lowest BCUT2D eigenvalue weighted by atomic mass is 10.0. The number of aliphatic carboxylic acids is 1. The quantitative estimate of drug-likeness (QED) is 0.928. The number of amides is 1. The molecule has 1 atom stereocenters. The maximum Gasteiger partial charge on any atom is 0.326 e. The van der Waals surface area contributed by atoms with E-state index in [1.807, 2.05) is 0 Å². The van der Waals surface area contributed by atoms with Gasteiger partial charge in [0.2, 0.25) is 5.91 Å². The first-order chi connectivity index (χ1) is 9.99. The van der Waals surface area contributed by atoms with E-state index in [0.29, 0.717) is 13.0 Å². The number of piperidine rings is 1. The number of carbonyl (C=O) groups is 2. The van der Waals surface area contributed by atoms with Gasteiger partial charge in [0.15, 0.2) is 0 Å². The Hall–Kier alpha value is -1.98. The standard InChI is InChI=1S/C15H17F2NO3/c16-11-5-6-12(17)10(9-11)4-7-14(19)18-8-2-1-3-13(18)15(20)21/h5-6,9,13H,1-4,7-8H2,(H,20,21)/t13-/m1/s1. The van der Waals surface area contributed by atoms with Crippen molar-refractivity contribution < 1.29 is 23.5 Å². The van der Waals surface area contributed by atoms with Crippen LogP contribution in [-0.2, 0) is 16.0 Å². The van der Waals surface area contributed by atoms with Gasteiger partial charge in [0.25, 0.3) is 0 Å². The predicted octanol–water partition coefficient (Wildman–Crippen LogP) is 2.36. The fourth-order valence-corrected chi connectivity index (χ4v) is 2.61. The minimum absolute atomic E-state index is 0.0237. The molecule has 0 radical (unpaired) electrons. The topological polar surface area (TPSA) is 57.6 Å². The number of benzene rings is 1. The summed E-state index contributed by atoms with van der Waals surface area (Å²) in [5, 5.41) is 9.12. The molecule has 0 aromatic heterocycles. The van der Waals surface area contributed by atoms with Crippen molar-refractivity contribution in [2.75, 3.05) is 6.54 Å². The maximum absolute atomic E-state index is 13.5. The van der Waals surface area contributed by atoms with E-state index in [2.05, 4.69) is 0 Å². The second-order valence-electron chi connectivity index (χ2n) is 5.17. The number of hydrogen-bond acceptors (Lipinski definition) is 2. The zero-order valence-corrected chi connectivity index (χ0v) is 11.5. The molecule has 0 saturated carbocycles. The van der Waals surface area contributed by atoms with E-state index in [9.17, 15) is 18.4 Å². The van der Waals surface area contributed by atoms with Gasteiger partial charge in [0.1, 0.15) is 17.7 Å². The minimum Gasteiger partial charge on any atom is -0.480 e. The molecule has 21 heavy (non-hydrogen) atoms. The van der Waals surface area contributed by atoms with E-state index in [1.54, 1.807) is 0 Å². The van der Waals surface area contributed by atoms with E-state index in [-0.39, 0.29) is 24.3 Å². The van der Waals surface area contributed by atoms with Crippen molar-refractivity contribution in [2.24, 2.45) is 0 Å². The first kappa shape index (κ1) is 15.4. The van der Waals surface area contributed by atoms with Crippen LogP contribution in [0.3, 0.4) is 0 Å². The van der Waals surface area contributed by atoms with Gasteiger partial charge in [-0.2, -0.15) is 0 Å². The molecule has 0 spiro atoms. The summed E-state index contributed by atoms with van der Waals surface area (Å²) in [6.45, 7) is 0.404. The highest BCUT2D eigenvalue weighted by Crippen LogP contribution is 2.19. The summed E-state index contributed by atoms with van der Waals surface area (Å²) in [6, 6.07) is 2.30. The molecule has 1 N–H and O–H groups in total. The van der Waals surface area contributed by atoms with Gasteiger partial charge in [0, 0.05) is 13.0 Å². The third-order valence-electron chi connectivity index (χ3n) is 3.72. The fraction of sp³-hybridized carbons (Fsp3) is 0.467. The fourth-order valence-electron chi connectivity index (χ4n) is 2.61. The highest BCUT2D eigenvalue weighted by atomic mass is 19.1. The third kappa shape index (κ3) is 3.77. The molecule has 0 aliphatic carbocycles. The summed E-state index contributed by atoms with van der Waals surface area (Å²) in [6.07, 6.45) is 2.02. The molecule has 1 amide bonds. The summed E-state index contributed by atoms with van der Waals surface area (Å²) in [5.41, 5.74) is 0.132. The second-order valence-corrected chi connectivity index (χ2v) is 5.17. The summed E-state index contributed by atoms with van der Waals surface area (Å²) in [7, 11) is 0. The summed E-state index contributed by atoms with van der Waals surface area (Å²) in [4.78, 5) is 24.6. The molecule has 1 saturated heterocycles. The molecular weight excluding hydrogens is 280 g/mol. The van der Waals surface area contributed by atoms with Crippen molar-refractivity contribution in [3.05, 3.63) is 35.4 Å². The SMILES string of the molecule is O=C(O)[C@H]1CCCCN1C(=O)CCc1cc(F)ccc1F. The highest BCUT2D eigenvalue weighted by Gasteiger charge is 2.31. The number of halogens is 2. The Labute approximate surface area is 121 Å². The number of nitrogens with zero attached hydrogens (tertiary/aromatic N) is 1. The molecule has 4 nitrogen and oxygen atoms in total. The molecule has 1 heterocycles. The zero-order valence-electron chi connectivity index (χ0n) is 11.5. The van der Waals surface area contributed by atoms with Crippen LogP contribution >= 0.6 is 0 Å². The van der Waals surface area contributed by atoms with Gasteiger partial charge in [0.05, 0.1) is 0 Å². The molecule has 0 bridgehead atoms. The monoisotopic (exact) mass is 297 g/mol.